The Kier molecular flexibility index (Phi) is 7.28. The fourth-order valence-corrected chi connectivity index (χ4v) is 2.80. The van der Waals surface area contributed by atoms with Crippen LogP contribution in [-0.2, 0) is 28.0 Å². The standard InChI is InChI=1S/C23H31NO3/c1-6-26-22(25)14-9-18-15-20(24-5)12-13-21(18)27-16-17-7-10-19(11-8-17)23(2,3)4/h7-8,10-13,15,24H,6,9,14,16H2,1-5H3. The topological polar surface area (TPSA) is 47.6 Å². The summed E-state index contributed by atoms with van der Waals surface area (Å²) in [5, 5.41) is 3.13. The molecule has 0 aliphatic rings. The fraction of sp³-hybridized carbons (Fsp3) is 0.435. The van der Waals surface area contributed by atoms with Crippen molar-refractivity contribution in [1.82, 2.24) is 0 Å². The lowest BCUT2D eigenvalue weighted by Gasteiger charge is -2.19. The number of carbonyl (C=O) groups excluding carboxylic acids is 1. The molecule has 0 fully saturated rings. The van der Waals surface area contributed by atoms with Crippen LogP contribution in [0, 0.1) is 0 Å². The van der Waals surface area contributed by atoms with E-state index < -0.39 is 0 Å². The normalized spacial score (nSPS) is 11.1. The zero-order valence-electron chi connectivity index (χ0n) is 17.1. The molecule has 1 N–H and O–H groups in total. The van der Waals surface area contributed by atoms with Crippen LogP contribution in [0.4, 0.5) is 5.69 Å². The number of aryl methyl sites for hydroxylation is 1. The Bertz CT molecular complexity index is 745. The second-order valence-electron chi connectivity index (χ2n) is 7.61. The van der Waals surface area contributed by atoms with Gasteiger partial charge in [-0.3, -0.25) is 4.79 Å². The first kappa shape index (κ1) is 20.8. The van der Waals surface area contributed by atoms with E-state index in [0.29, 0.717) is 26.1 Å². The molecule has 0 unspecified atom stereocenters. The number of anilines is 1. The van der Waals surface area contributed by atoms with Crippen molar-refractivity contribution in [1.29, 1.82) is 0 Å². The van der Waals surface area contributed by atoms with Crippen LogP contribution in [0.15, 0.2) is 42.5 Å². The van der Waals surface area contributed by atoms with Crippen LogP contribution in [0.3, 0.4) is 0 Å². The molecule has 4 heteroatoms. The van der Waals surface area contributed by atoms with E-state index in [1.807, 2.05) is 32.2 Å². The van der Waals surface area contributed by atoms with Gasteiger partial charge in [-0.2, -0.15) is 0 Å². The molecule has 0 amide bonds. The number of nitrogens with one attached hydrogen (secondary N) is 1. The molecular weight excluding hydrogens is 338 g/mol. The zero-order valence-corrected chi connectivity index (χ0v) is 17.1. The molecule has 146 valence electrons. The minimum Gasteiger partial charge on any atom is -0.489 e. The molecule has 0 radical (unpaired) electrons. The average molecular weight is 370 g/mol. The highest BCUT2D eigenvalue weighted by Gasteiger charge is 2.13. The molecule has 0 atom stereocenters. The molecule has 0 saturated heterocycles. The second-order valence-corrected chi connectivity index (χ2v) is 7.61. The molecule has 27 heavy (non-hydrogen) atoms. The van der Waals surface area contributed by atoms with Gasteiger partial charge in [-0.15, -0.1) is 0 Å². The van der Waals surface area contributed by atoms with Crippen LogP contribution in [-0.4, -0.2) is 19.6 Å². The molecule has 0 aromatic heterocycles. The molecule has 0 aliphatic heterocycles. The van der Waals surface area contributed by atoms with Crippen molar-refractivity contribution in [3.05, 3.63) is 59.2 Å². The van der Waals surface area contributed by atoms with Crippen molar-refractivity contribution >= 4 is 11.7 Å². The first-order valence-electron chi connectivity index (χ1n) is 9.52. The number of ether oxygens (including phenoxy) is 2. The molecule has 0 spiro atoms. The third-order valence-electron chi connectivity index (χ3n) is 4.47. The highest BCUT2D eigenvalue weighted by Crippen LogP contribution is 2.26. The third kappa shape index (κ3) is 6.31. The van der Waals surface area contributed by atoms with E-state index in [4.69, 9.17) is 9.47 Å². The predicted octanol–water partition coefficient (Wildman–Crippen LogP) is 5.10. The lowest BCUT2D eigenvalue weighted by molar-refractivity contribution is -0.143. The lowest BCUT2D eigenvalue weighted by atomic mass is 9.87. The van der Waals surface area contributed by atoms with Crippen LogP contribution in [0.25, 0.3) is 0 Å². The number of rotatable bonds is 8. The number of carbonyl (C=O) groups is 1. The van der Waals surface area contributed by atoms with E-state index in [9.17, 15) is 4.79 Å². The summed E-state index contributed by atoms with van der Waals surface area (Å²) in [5.41, 5.74) is 4.57. The molecule has 0 bridgehead atoms. The SMILES string of the molecule is CCOC(=O)CCc1cc(NC)ccc1OCc1ccc(C(C)(C)C)cc1. The van der Waals surface area contributed by atoms with Gasteiger partial charge in [-0.1, -0.05) is 45.0 Å². The van der Waals surface area contributed by atoms with E-state index in [-0.39, 0.29) is 11.4 Å². The highest BCUT2D eigenvalue weighted by atomic mass is 16.5. The maximum absolute atomic E-state index is 11.7. The summed E-state index contributed by atoms with van der Waals surface area (Å²) in [6, 6.07) is 14.5. The van der Waals surface area contributed by atoms with E-state index in [2.05, 4.69) is 50.4 Å². The minimum atomic E-state index is -0.184. The van der Waals surface area contributed by atoms with Gasteiger partial charge in [0, 0.05) is 19.2 Å². The van der Waals surface area contributed by atoms with Crippen molar-refractivity contribution < 1.29 is 14.3 Å². The van der Waals surface area contributed by atoms with E-state index in [0.717, 1.165) is 22.6 Å². The number of hydrogen-bond donors (Lipinski definition) is 1. The van der Waals surface area contributed by atoms with E-state index in [1.54, 1.807) is 0 Å². The van der Waals surface area contributed by atoms with Crippen LogP contribution in [0.5, 0.6) is 5.75 Å². The molecule has 2 aromatic carbocycles. The fourth-order valence-electron chi connectivity index (χ4n) is 2.80. The van der Waals surface area contributed by atoms with Crippen molar-refractivity contribution in [2.75, 3.05) is 19.0 Å². The average Bonchev–Trinajstić information content (AvgIpc) is 2.65. The smallest absolute Gasteiger partial charge is 0.306 e. The van der Waals surface area contributed by atoms with Gasteiger partial charge in [0.2, 0.25) is 0 Å². The summed E-state index contributed by atoms with van der Waals surface area (Å²) in [7, 11) is 1.88. The monoisotopic (exact) mass is 369 g/mol. The number of benzene rings is 2. The summed E-state index contributed by atoms with van der Waals surface area (Å²) in [6.45, 7) is 9.34. The summed E-state index contributed by atoms with van der Waals surface area (Å²) in [6.07, 6.45) is 0.935. The van der Waals surface area contributed by atoms with Crippen LogP contribution in [0.1, 0.15) is 50.8 Å². The molecule has 0 saturated carbocycles. The zero-order chi connectivity index (χ0) is 19.9. The van der Waals surface area contributed by atoms with Gasteiger partial charge in [-0.05, 0) is 53.6 Å². The lowest BCUT2D eigenvalue weighted by Crippen LogP contribution is -2.11. The highest BCUT2D eigenvalue weighted by molar-refractivity contribution is 5.70. The maximum atomic E-state index is 11.7. The van der Waals surface area contributed by atoms with Crippen LogP contribution in [0.2, 0.25) is 0 Å². The van der Waals surface area contributed by atoms with Crippen molar-refractivity contribution in [3.8, 4) is 5.75 Å². The molecular formula is C23H31NO3. The van der Waals surface area contributed by atoms with Gasteiger partial charge >= 0.3 is 5.97 Å². The van der Waals surface area contributed by atoms with Gasteiger partial charge in [-0.25, -0.2) is 0 Å². The molecule has 4 nitrogen and oxygen atoms in total. The summed E-state index contributed by atoms with van der Waals surface area (Å²) >= 11 is 0. The van der Waals surface area contributed by atoms with Crippen LogP contribution >= 0.6 is 0 Å². The summed E-state index contributed by atoms with van der Waals surface area (Å²) in [4.78, 5) is 11.7. The molecule has 0 heterocycles. The first-order chi connectivity index (χ1) is 12.8. The molecule has 2 aromatic rings. The van der Waals surface area contributed by atoms with Crippen molar-refractivity contribution in [2.45, 2.75) is 52.6 Å². The van der Waals surface area contributed by atoms with Gasteiger partial charge < -0.3 is 14.8 Å². The van der Waals surface area contributed by atoms with Crippen molar-refractivity contribution in [2.24, 2.45) is 0 Å². The Morgan fingerprint density at radius 1 is 1.07 bits per heavy atom. The maximum Gasteiger partial charge on any atom is 0.306 e. The van der Waals surface area contributed by atoms with E-state index >= 15 is 0 Å². The third-order valence-corrected chi connectivity index (χ3v) is 4.47. The van der Waals surface area contributed by atoms with Gasteiger partial charge in [0.15, 0.2) is 0 Å². The van der Waals surface area contributed by atoms with Crippen LogP contribution < -0.4 is 10.1 Å². The second kappa shape index (κ2) is 9.45. The Labute approximate surface area is 162 Å². The largest absolute Gasteiger partial charge is 0.489 e. The Morgan fingerprint density at radius 3 is 2.37 bits per heavy atom. The summed E-state index contributed by atoms with van der Waals surface area (Å²) in [5.74, 6) is 0.620. The first-order valence-corrected chi connectivity index (χ1v) is 9.52. The van der Waals surface area contributed by atoms with Gasteiger partial charge in [0.25, 0.3) is 0 Å². The summed E-state index contributed by atoms with van der Waals surface area (Å²) < 4.78 is 11.1. The van der Waals surface area contributed by atoms with Gasteiger partial charge in [0.05, 0.1) is 6.61 Å². The number of hydrogen-bond acceptors (Lipinski definition) is 4. The Hall–Kier alpha value is -2.49. The Morgan fingerprint density at radius 2 is 1.78 bits per heavy atom. The van der Waals surface area contributed by atoms with Crippen molar-refractivity contribution in [3.63, 3.8) is 0 Å². The molecule has 0 aliphatic carbocycles. The van der Waals surface area contributed by atoms with Gasteiger partial charge in [0.1, 0.15) is 12.4 Å². The molecule has 2 rings (SSSR count). The quantitative estimate of drug-likeness (QED) is 0.658. The Balaban J connectivity index is 2.07. The number of esters is 1. The minimum absolute atomic E-state index is 0.142. The predicted molar refractivity (Wildman–Crippen MR) is 110 cm³/mol. The van der Waals surface area contributed by atoms with E-state index in [1.165, 1.54) is 5.56 Å².